The molecule has 0 radical (unpaired) electrons. The number of aliphatic hydroxyl groups is 9. The zero-order valence-corrected chi connectivity index (χ0v) is 41.1. The van der Waals surface area contributed by atoms with E-state index in [0.29, 0.717) is 0 Å². The smallest absolute Gasteiger partial charge is 0.202 e. The Morgan fingerprint density at radius 3 is 1.47 bits per heavy atom. The fourth-order valence-corrected chi connectivity index (χ4v) is 10.7. The number of hydrogen-bond acceptors (Lipinski definition) is 23. The Hall–Kier alpha value is -3.28. The average Bonchev–Trinajstić information content (AvgIpc) is 3.31. The number of aliphatic hydroxyl groups excluding tert-OH is 9. The number of carbonyl (C=O) groups excluding carboxylic acids is 2. The summed E-state index contributed by atoms with van der Waals surface area (Å²) < 4.78 is 60.2. The molecule has 0 bridgehead atoms. The molecule has 8 rings (SSSR count). The third-order valence-corrected chi connectivity index (χ3v) is 15.0. The van der Waals surface area contributed by atoms with Crippen LogP contribution < -0.4 is 4.74 Å². The van der Waals surface area contributed by atoms with E-state index in [1.165, 1.54) is 26.0 Å². The Morgan fingerprint density at radius 1 is 0.597 bits per heavy atom. The zero-order chi connectivity index (χ0) is 52.4. The highest BCUT2D eigenvalue weighted by Crippen LogP contribution is 2.47. The number of aromatic hydroxyl groups is 2. The van der Waals surface area contributed by atoms with Crippen LogP contribution in [0.25, 0.3) is 10.8 Å². The molecule has 5 fully saturated rings. The maximum Gasteiger partial charge on any atom is 0.202 e. The van der Waals surface area contributed by atoms with Crippen LogP contribution in [0.3, 0.4) is 0 Å². The highest BCUT2D eigenvalue weighted by atomic mass is 16.7. The highest BCUT2D eigenvalue weighted by molar-refractivity contribution is 6.11. The van der Waals surface area contributed by atoms with Crippen LogP contribution in [0.1, 0.15) is 95.1 Å². The van der Waals surface area contributed by atoms with Crippen molar-refractivity contribution in [1.82, 2.24) is 0 Å². The minimum Gasteiger partial charge on any atom is -0.507 e. The van der Waals surface area contributed by atoms with Crippen molar-refractivity contribution in [3.63, 3.8) is 0 Å². The Balaban J connectivity index is 1.01. The van der Waals surface area contributed by atoms with Gasteiger partial charge in [0.25, 0.3) is 0 Å². The molecule has 0 amide bonds. The van der Waals surface area contributed by atoms with Crippen molar-refractivity contribution in [2.45, 2.75) is 228 Å². The third kappa shape index (κ3) is 11.2. The summed E-state index contributed by atoms with van der Waals surface area (Å²) in [6.07, 6.45) is -26.5. The van der Waals surface area contributed by atoms with Gasteiger partial charge in [0.1, 0.15) is 60.0 Å². The van der Waals surface area contributed by atoms with Crippen LogP contribution in [-0.4, -0.2) is 209 Å². The second-order valence-electron chi connectivity index (χ2n) is 20.3. The topological polar surface area (TPSA) is 349 Å². The summed E-state index contributed by atoms with van der Waals surface area (Å²) in [7, 11) is 0. The summed E-state index contributed by atoms with van der Waals surface area (Å²) in [6.45, 7) is 10.5. The number of hydrogen-bond donors (Lipinski definition) is 11. The van der Waals surface area contributed by atoms with Crippen LogP contribution in [0.5, 0.6) is 17.2 Å². The maximum atomic E-state index is 14.8. The predicted octanol–water partition coefficient (Wildman–Crippen LogP) is -0.654. The molecule has 5 aliphatic heterocycles. The molecule has 0 spiro atoms. The quantitative estimate of drug-likeness (QED) is 0.119. The minimum absolute atomic E-state index is 0.0302. The molecule has 23 heteroatoms. The SMILES string of the molecule is CC(=O)[C@H](O)[C@@H](O)[C@@H]1Cc2cc3cc(O[C@H]4CC(O[C@H]5CC(O)[C@H](O)C(C)O5)[C@H](O)C(C)O4)c(C)c(O)c3c(O)c2C(=O)[C@H]1O[C@H]1CC(O[C@H]2C[C@@H](O[C@H]3C[C@@H](O)[C@H](O)C(C)O3)[C@@H](O)C(C)O2)[C@H](O)C(C)O1. The number of rotatable bonds is 13. The Bertz CT molecular complexity index is 2220. The van der Waals surface area contributed by atoms with Crippen molar-refractivity contribution in [3.8, 4) is 17.2 Å². The van der Waals surface area contributed by atoms with E-state index in [-0.39, 0.29) is 71.7 Å². The van der Waals surface area contributed by atoms with E-state index in [2.05, 4.69) is 0 Å². The molecule has 11 N–H and O–H groups in total. The Morgan fingerprint density at radius 2 is 1.01 bits per heavy atom. The summed E-state index contributed by atoms with van der Waals surface area (Å²) in [5.74, 6) is -3.99. The van der Waals surface area contributed by atoms with Crippen LogP contribution in [0.4, 0.5) is 0 Å². The number of phenolic OH excluding ortho intramolecular Hbond substituents is 2. The van der Waals surface area contributed by atoms with Gasteiger partial charge >= 0.3 is 0 Å². The standard InChI is InChI=1S/C49H70O23/c1-16-28(68-34-13-29(43(57)20(5)65-34)69-32-11-26(51)41(55)18(3)63-32)10-24-8-23-9-25(46(60)40(54)17(2)50)49(48(62)38(23)47(61)37(24)39(16)53)72-36-15-31(45(59)22(7)67-36)71-35-14-30(44(58)21(6)66-35)70-33-12-27(52)42(56)19(4)64-33/h8,10,18-22,25-27,29-36,40-46,49,51-61H,9,11-15H2,1-7H3/t18?,19?,20?,21?,22?,25-,26?,27+,29?,30+,31?,32-,33-,34-,35-,36-,40-,41+,42+,43+,44-,45+,46-,49-/m0/s1. The first kappa shape index (κ1) is 55.0. The van der Waals surface area contributed by atoms with Crippen molar-refractivity contribution >= 4 is 22.3 Å². The lowest BCUT2D eigenvalue weighted by Crippen LogP contribution is -2.56. The lowest BCUT2D eigenvalue weighted by molar-refractivity contribution is -0.329. The molecule has 0 aromatic heterocycles. The lowest BCUT2D eigenvalue weighted by atomic mass is 9.75. The molecule has 72 heavy (non-hydrogen) atoms. The number of ether oxygens (including phenoxy) is 10. The Kier molecular flexibility index (Phi) is 16.9. The molecular weight excluding hydrogens is 957 g/mol. The molecule has 0 saturated carbocycles. The normalized spacial score (nSPS) is 42.7. The minimum atomic E-state index is -1.96. The van der Waals surface area contributed by atoms with Crippen molar-refractivity contribution in [3.05, 3.63) is 28.8 Å². The second kappa shape index (κ2) is 22.1. The lowest BCUT2D eigenvalue weighted by Gasteiger charge is -2.45. The average molecular weight is 1030 g/mol. The van der Waals surface area contributed by atoms with E-state index in [0.717, 1.165) is 6.92 Å². The maximum absolute atomic E-state index is 14.8. The number of phenols is 2. The summed E-state index contributed by atoms with van der Waals surface area (Å²) in [4.78, 5) is 27.2. The fraction of sp³-hybridized carbons (Fsp3) is 0.755. The van der Waals surface area contributed by atoms with Crippen LogP contribution in [0, 0.1) is 12.8 Å². The summed E-state index contributed by atoms with van der Waals surface area (Å²) >= 11 is 0. The zero-order valence-electron chi connectivity index (χ0n) is 41.1. The molecule has 23 nitrogen and oxygen atoms in total. The second-order valence-corrected chi connectivity index (χ2v) is 20.3. The van der Waals surface area contributed by atoms with E-state index in [9.17, 15) is 65.8 Å². The van der Waals surface area contributed by atoms with Crippen LogP contribution >= 0.6 is 0 Å². The molecule has 404 valence electrons. The Labute approximate surface area is 415 Å². The molecular formula is C49H70O23. The number of Topliss-reactive ketones (excluding diaryl/α,β-unsaturated/α-hetero) is 2. The van der Waals surface area contributed by atoms with E-state index >= 15 is 0 Å². The van der Waals surface area contributed by atoms with Crippen LogP contribution in [0.15, 0.2) is 12.1 Å². The van der Waals surface area contributed by atoms with Gasteiger partial charge in [0.05, 0.1) is 78.1 Å². The molecule has 1 aliphatic carbocycles. The summed E-state index contributed by atoms with van der Waals surface area (Å²) in [6, 6.07) is 3.00. The molecule has 24 atom stereocenters. The summed E-state index contributed by atoms with van der Waals surface area (Å²) in [5, 5.41) is 120. The van der Waals surface area contributed by atoms with Crippen LogP contribution in [-0.2, 0) is 53.8 Å². The number of carbonyl (C=O) groups is 2. The summed E-state index contributed by atoms with van der Waals surface area (Å²) in [5.41, 5.74) is 0.0422. The number of fused-ring (bicyclic) bond motifs is 2. The monoisotopic (exact) mass is 1030 g/mol. The highest BCUT2D eigenvalue weighted by Gasteiger charge is 2.50. The van der Waals surface area contributed by atoms with Gasteiger partial charge in [0.15, 0.2) is 36.7 Å². The van der Waals surface area contributed by atoms with E-state index in [1.807, 2.05) is 0 Å². The van der Waals surface area contributed by atoms with Gasteiger partial charge in [-0.25, -0.2) is 0 Å². The molecule has 5 saturated heterocycles. The molecule has 2 aromatic carbocycles. The van der Waals surface area contributed by atoms with Crippen molar-refractivity contribution in [1.29, 1.82) is 0 Å². The molecule has 5 heterocycles. The molecule has 8 unspecified atom stereocenters. The van der Waals surface area contributed by atoms with Gasteiger partial charge in [-0.05, 0) is 78.0 Å². The van der Waals surface area contributed by atoms with Crippen molar-refractivity contribution in [2.24, 2.45) is 5.92 Å². The molecule has 6 aliphatic rings. The largest absolute Gasteiger partial charge is 0.507 e. The van der Waals surface area contributed by atoms with Gasteiger partial charge < -0.3 is 104 Å². The van der Waals surface area contributed by atoms with Gasteiger partial charge in [-0.1, -0.05) is 0 Å². The van der Waals surface area contributed by atoms with Gasteiger partial charge in [0, 0.05) is 43.6 Å². The number of benzene rings is 2. The van der Waals surface area contributed by atoms with Crippen molar-refractivity contribution < 1.29 is 113 Å². The van der Waals surface area contributed by atoms with E-state index in [4.69, 9.17) is 47.4 Å². The van der Waals surface area contributed by atoms with E-state index in [1.54, 1.807) is 27.7 Å². The van der Waals surface area contributed by atoms with E-state index < -0.39 is 170 Å². The van der Waals surface area contributed by atoms with Crippen LogP contribution in [0.2, 0.25) is 0 Å². The first-order valence-electron chi connectivity index (χ1n) is 24.7. The third-order valence-electron chi connectivity index (χ3n) is 15.0. The molecule has 2 aromatic rings. The first-order chi connectivity index (χ1) is 33.9. The van der Waals surface area contributed by atoms with Gasteiger partial charge in [-0.3, -0.25) is 9.59 Å². The predicted molar refractivity (Wildman–Crippen MR) is 243 cm³/mol. The van der Waals surface area contributed by atoms with Gasteiger partial charge in [-0.2, -0.15) is 0 Å². The first-order valence-corrected chi connectivity index (χ1v) is 24.7. The van der Waals surface area contributed by atoms with Gasteiger partial charge in [-0.15, -0.1) is 0 Å². The van der Waals surface area contributed by atoms with Gasteiger partial charge in [0.2, 0.25) is 6.29 Å². The fourth-order valence-electron chi connectivity index (χ4n) is 10.7. The van der Waals surface area contributed by atoms with Crippen molar-refractivity contribution in [2.75, 3.05) is 0 Å². The number of ketones is 2.